The van der Waals surface area contributed by atoms with Gasteiger partial charge in [-0.15, -0.1) is 0 Å². The average molecular weight is 543 g/mol. The van der Waals surface area contributed by atoms with E-state index in [1.807, 2.05) is 60.7 Å². The largest absolute Gasteiger partial charge is 0.489 e. The van der Waals surface area contributed by atoms with Crippen molar-refractivity contribution in [1.82, 2.24) is 4.90 Å². The normalized spacial score (nSPS) is 11.8. The molecule has 0 aliphatic heterocycles. The third-order valence-electron chi connectivity index (χ3n) is 6.59. The van der Waals surface area contributed by atoms with Gasteiger partial charge in [-0.3, -0.25) is 9.69 Å². The molecule has 3 N–H and O–H groups in total. The Balaban J connectivity index is 1.50. The van der Waals surface area contributed by atoms with Crippen LogP contribution in [0.1, 0.15) is 34.2 Å². The van der Waals surface area contributed by atoms with E-state index in [-0.39, 0.29) is 5.82 Å². The van der Waals surface area contributed by atoms with E-state index in [0.717, 1.165) is 28.0 Å². The monoisotopic (exact) mass is 542 g/mol. The molecule has 4 aromatic carbocycles. The number of aliphatic carboxylic acids is 1. The van der Waals surface area contributed by atoms with Crippen molar-refractivity contribution >= 4 is 5.97 Å². The van der Waals surface area contributed by atoms with Gasteiger partial charge in [-0.25, -0.2) is 4.39 Å². The fraction of sp³-hybridized carbons (Fsp3) is 0.242. The first-order chi connectivity index (χ1) is 19.4. The van der Waals surface area contributed by atoms with E-state index in [0.29, 0.717) is 45.0 Å². The molecule has 0 saturated heterocycles. The molecule has 4 aromatic rings. The van der Waals surface area contributed by atoms with E-state index in [9.17, 15) is 14.3 Å². The minimum Gasteiger partial charge on any atom is -0.489 e. The summed E-state index contributed by atoms with van der Waals surface area (Å²) in [6.45, 7) is 4.31. The topological polar surface area (TPSA) is 85.0 Å². The zero-order valence-electron chi connectivity index (χ0n) is 22.6. The molecule has 0 saturated carbocycles. The summed E-state index contributed by atoms with van der Waals surface area (Å²) >= 11 is 0. The number of carbonyl (C=O) groups is 1. The fourth-order valence-electron chi connectivity index (χ4n) is 4.40. The van der Waals surface area contributed by atoms with Crippen LogP contribution < -0.4 is 15.2 Å². The Bertz CT molecular complexity index is 1390. The van der Waals surface area contributed by atoms with Gasteiger partial charge in [0.2, 0.25) is 0 Å². The first-order valence-corrected chi connectivity index (χ1v) is 13.3. The van der Waals surface area contributed by atoms with Crippen LogP contribution in [0.25, 0.3) is 0 Å². The lowest BCUT2D eigenvalue weighted by Gasteiger charge is -2.25. The van der Waals surface area contributed by atoms with Crippen LogP contribution >= 0.6 is 0 Å². The van der Waals surface area contributed by atoms with E-state index in [1.54, 1.807) is 12.1 Å². The third kappa shape index (κ3) is 8.66. The molecule has 208 valence electrons. The SMILES string of the molecule is Cc1cccc(COc2ccccc2CN(CC[C@H](N)C(=O)O)Cc2ccccc2OCc2ccc(F)cc2)c1. The van der Waals surface area contributed by atoms with Gasteiger partial charge in [0.15, 0.2) is 0 Å². The number of rotatable bonds is 14. The van der Waals surface area contributed by atoms with Gasteiger partial charge < -0.3 is 20.3 Å². The number of hydrogen-bond donors (Lipinski definition) is 2. The second kappa shape index (κ2) is 14.3. The average Bonchev–Trinajstić information content (AvgIpc) is 2.95. The minimum atomic E-state index is -1.02. The van der Waals surface area contributed by atoms with Crippen LogP contribution in [0.2, 0.25) is 0 Å². The van der Waals surface area contributed by atoms with Gasteiger partial charge in [0.05, 0.1) is 0 Å². The first kappa shape index (κ1) is 28.8. The Labute approximate surface area is 234 Å². The molecule has 0 aromatic heterocycles. The molecule has 40 heavy (non-hydrogen) atoms. The molecule has 4 rings (SSSR count). The molecule has 0 spiro atoms. The van der Waals surface area contributed by atoms with Crippen molar-refractivity contribution in [2.75, 3.05) is 6.54 Å². The Morgan fingerprint density at radius 3 is 1.98 bits per heavy atom. The van der Waals surface area contributed by atoms with Gasteiger partial charge in [0.25, 0.3) is 0 Å². The number of para-hydroxylation sites is 2. The van der Waals surface area contributed by atoms with E-state index in [2.05, 4.69) is 24.0 Å². The number of carboxylic acids is 1. The summed E-state index contributed by atoms with van der Waals surface area (Å²) in [6.07, 6.45) is 0.292. The number of benzene rings is 4. The molecule has 0 fully saturated rings. The van der Waals surface area contributed by atoms with E-state index in [1.165, 1.54) is 17.7 Å². The van der Waals surface area contributed by atoms with E-state index >= 15 is 0 Å². The second-order valence-corrected chi connectivity index (χ2v) is 9.85. The summed E-state index contributed by atoms with van der Waals surface area (Å²) in [5.41, 5.74) is 10.9. The lowest BCUT2D eigenvalue weighted by Crippen LogP contribution is -2.35. The Hall–Kier alpha value is -4.20. The van der Waals surface area contributed by atoms with Gasteiger partial charge in [0, 0.05) is 30.8 Å². The maximum Gasteiger partial charge on any atom is 0.320 e. The van der Waals surface area contributed by atoms with Crippen molar-refractivity contribution in [3.63, 3.8) is 0 Å². The zero-order valence-corrected chi connectivity index (χ0v) is 22.6. The van der Waals surface area contributed by atoms with Gasteiger partial charge in [0.1, 0.15) is 36.6 Å². The maximum absolute atomic E-state index is 13.3. The molecular formula is C33H35FN2O4. The zero-order chi connectivity index (χ0) is 28.3. The van der Waals surface area contributed by atoms with Crippen LogP contribution in [0.3, 0.4) is 0 Å². The number of halogens is 1. The van der Waals surface area contributed by atoms with Crippen molar-refractivity contribution in [2.45, 2.75) is 45.7 Å². The number of nitrogens with zero attached hydrogens (tertiary/aromatic N) is 1. The predicted octanol–water partition coefficient (Wildman–Crippen LogP) is 6.10. The van der Waals surface area contributed by atoms with Crippen LogP contribution in [0.4, 0.5) is 4.39 Å². The summed E-state index contributed by atoms with van der Waals surface area (Å²) in [4.78, 5) is 13.6. The molecule has 0 radical (unpaired) electrons. The standard InChI is InChI=1S/C33H35FN2O4/c1-24-7-6-8-26(19-24)23-40-32-12-5-3-10-28(32)21-36(18-17-30(35)33(37)38)20-27-9-2-4-11-31(27)39-22-25-13-15-29(34)16-14-25/h2-16,19,30H,17-18,20-23,35H2,1H3,(H,37,38)/t30-/m0/s1. The highest BCUT2D eigenvalue weighted by molar-refractivity contribution is 5.73. The number of nitrogens with two attached hydrogens (primary N) is 1. The van der Waals surface area contributed by atoms with Crippen molar-refractivity contribution in [1.29, 1.82) is 0 Å². The molecule has 0 amide bonds. The first-order valence-electron chi connectivity index (χ1n) is 13.3. The highest BCUT2D eigenvalue weighted by Crippen LogP contribution is 2.26. The van der Waals surface area contributed by atoms with Crippen LogP contribution in [0.15, 0.2) is 97.1 Å². The number of hydrogen-bond acceptors (Lipinski definition) is 5. The number of carboxylic acid groups (broad SMARTS) is 1. The molecular weight excluding hydrogens is 507 g/mol. The molecule has 0 aliphatic rings. The van der Waals surface area contributed by atoms with Gasteiger partial charge >= 0.3 is 5.97 Å². The summed E-state index contributed by atoms with van der Waals surface area (Å²) in [7, 11) is 0. The lowest BCUT2D eigenvalue weighted by molar-refractivity contribution is -0.138. The van der Waals surface area contributed by atoms with Gasteiger partial charge in [-0.2, -0.15) is 0 Å². The fourth-order valence-corrected chi connectivity index (χ4v) is 4.40. The van der Waals surface area contributed by atoms with E-state index < -0.39 is 12.0 Å². The van der Waals surface area contributed by atoms with Crippen molar-refractivity contribution in [2.24, 2.45) is 5.73 Å². The quantitative estimate of drug-likeness (QED) is 0.200. The van der Waals surface area contributed by atoms with Crippen LogP contribution in [0, 0.1) is 12.7 Å². The summed E-state index contributed by atoms with van der Waals surface area (Å²) in [6, 6.07) is 29.1. The van der Waals surface area contributed by atoms with Crippen LogP contribution in [0.5, 0.6) is 11.5 Å². The molecule has 0 unspecified atom stereocenters. The molecule has 0 bridgehead atoms. The predicted molar refractivity (Wildman–Crippen MR) is 153 cm³/mol. The van der Waals surface area contributed by atoms with Crippen molar-refractivity contribution in [3.8, 4) is 11.5 Å². The lowest BCUT2D eigenvalue weighted by atomic mass is 10.1. The molecule has 0 aliphatic carbocycles. The summed E-state index contributed by atoms with van der Waals surface area (Å²) < 4.78 is 25.6. The minimum absolute atomic E-state index is 0.289. The smallest absolute Gasteiger partial charge is 0.320 e. The van der Waals surface area contributed by atoms with Crippen LogP contribution in [-0.2, 0) is 31.1 Å². The van der Waals surface area contributed by atoms with Crippen LogP contribution in [-0.4, -0.2) is 28.6 Å². The summed E-state index contributed by atoms with van der Waals surface area (Å²) in [5.74, 6) is 0.174. The molecule has 1 atom stereocenters. The Morgan fingerprint density at radius 2 is 1.40 bits per heavy atom. The van der Waals surface area contributed by atoms with Crippen molar-refractivity contribution < 1.29 is 23.8 Å². The molecule has 6 nitrogen and oxygen atoms in total. The number of ether oxygens (including phenoxy) is 2. The molecule has 7 heteroatoms. The third-order valence-corrected chi connectivity index (χ3v) is 6.59. The molecule has 0 heterocycles. The number of aryl methyl sites for hydroxylation is 1. The summed E-state index contributed by atoms with van der Waals surface area (Å²) in [5, 5.41) is 9.35. The Kier molecular flexibility index (Phi) is 10.3. The highest BCUT2D eigenvalue weighted by atomic mass is 19.1. The van der Waals surface area contributed by atoms with E-state index in [4.69, 9.17) is 15.2 Å². The maximum atomic E-state index is 13.3. The van der Waals surface area contributed by atoms with Gasteiger partial charge in [-0.1, -0.05) is 78.4 Å². The highest BCUT2D eigenvalue weighted by Gasteiger charge is 2.18. The van der Waals surface area contributed by atoms with Crippen molar-refractivity contribution in [3.05, 3.63) is 131 Å². The van der Waals surface area contributed by atoms with Gasteiger partial charge in [-0.05, 0) is 48.7 Å². The second-order valence-electron chi connectivity index (χ2n) is 9.85. The Morgan fingerprint density at radius 1 is 0.825 bits per heavy atom.